The summed E-state index contributed by atoms with van der Waals surface area (Å²) in [5.41, 5.74) is 0.972. The Kier molecular flexibility index (Phi) is 5.60. The lowest BCUT2D eigenvalue weighted by Crippen LogP contribution is -2.34. The topological polar surface area (TPSA) is 46.5 Å². The quantitative estimate of drug-likeness (QED) is 0.839. The minimum Gasteiger partial charge on any atom is -0.461 e. The first-order valence-electron chi connectivity index (χ1n) is 7.57. The maximum Gasteiger partial charge on any atom is 0.311 e. The molecule has 110 valence electrons. The van der Waals surface area contributed by atoms with Crippen LogP contribution in [0, 0.1) is 11.8 Å². The molecule has 1 N–H and O–H groups in total. The van der Waals surface area contributed by atoms with Crippen LogP contribution in [-0.2, 0) is 16.1 Å². The first-order valence-corrected chi connectivity index (χ1v) is 7.57. The van der Waals surface area contributed by atoms with E-state index in [1.54, 1.807) is 6.92 Å². The first-order chi connectivity index (χ1) is 9.68. The second-order valence-electron chi connectivity index (χ2n) is 5.77. The van der Waals surface area contributed by atoms with Crippen molar-refractivity contribution in [3.63, 3.8) is 0 Å². The van der Waals surface area contributed by atoms with Gasteiger partial charge < -0.3 is 9.84 Å². The van der Waals surface area contributed by atoms with Crippen LogP contribution in [0.25, 0.3) is 0 Å². The van der Waals surface area contributed by atoms with Crippen LogP contribution in [0.1, 0.15) is 44.6 Å². The molecule has 1 saturated carbocycles. The molecule has 0 radical (unpaired) electrons. The third-order valence-electron chi connectivity index (χ3n) is 4.24. The summed E-state index contributed by atoms with van der Waals surface area (Å²) in [5.74, 6) is -0.489. The van der Waals surface area contributed by atoms with Crippen molar-refractivity contribution in [2.45, 2.75) is 51.7 Å². The molecular weight excluding hydrogens is 252 g/mol. The van der Waals surface area contributed by atoms with Gasteiger partial charge in [0.25, 0.3) is 0 Å². The Morgan fingerprint density at radius 3 is 2.55 bits per heavy atom. The van der Waals surface area contributed by atoms with Crippen LogP contribution in [-0.4, -0.2) is 17.2 Å². The normalized spacial score (nSPS) is 19.3. The number of aliphatic hydroxyl groups excluding tert-OH is 1. The van der Waals surface area contributed by atoms with Crippen molar-refractivity contribution >= 4 is 5.97 Å². The molecule has 1 aromatic rings. The van der Waals surface area contributed by atoms with Gasteiger partial charge >= 0.3 is 5.97 Å². The van der Waals surface area contributed by atoms with Gasteiger partial charge in [-0.25, -0.2) is 0 Å². The molecule has 0 bridgehead atoms. The zero-order chi connectivity index (χ0) is 14.4. The highest BCUT2D eigenvalue weighted by atomic mass is 16.5. The van der Waals surface area contributed by atoms with Crippen LogP contribution in [0.2, 0.25) is 0 Å². The standard InChI is InChI=1S/C17H24O3/c1-13(16(18)15-10-6-3-7-11-15)17(19)20-12-14-8-4-2-5-9-14/h2,4-5,8-9,13,15-16,18H,3,6-7,10-12H2,1H3/t13-,16+/m0/s1. The third-order valence-corrected chi connectivity index (χ3v) is 4.24. The van der Waals surface area contributed by atoms with E-state index in [2.05, 4.69) is 0 Å². The van der Waals surface area contributed by atoms with Gasteiger partial charge in [0.2, 0.25) is 0 Å². The summed E-state index contributed by atoms with van der Waals surface area (Å²) >= 11 is 0. The van der Waals surface area contributed by atoms with Crippen molar-refractivity contribution in [1.82, 2.24) is 0 Å². The fourth-order valence-electron chi connectivity index (χ4n) is 2.88. The Bertz CT molecular complexity index is 410. The average Bonchev–Trinajstić information content (AvgIpc) is 2.53. The van der Waals surface area contributed by atoms with E-state index in [0.29, 0.717) is 0 Å². The van der Waals surface area contributed by atoms with Crippen molar-refractivity contribution in [3.05, 3.63) is 35.9 Å². The summed E-state index contributed by atoms with van der Waals surface area (Å²) in [7, 11) is 0. The number of ether oxygens (including phenoxy) is 1. The number of rotatable bonds is 5. The Morgan fingerprint density at radius 1 is 1.25 bits per heavy atom. The SMILES string of the molecule is C[C@H](C(=O)OCc1ccccc1)[C@@H](O)C1CCCCC1. The van der Waals surface area contributed by atoms with Crippen LogP contribution in [0.15, 0.2) is 30.3 Å². The van der Waals surface area contributed by atoms with Crippen LogP contribution in [0.4, 0.5) is 0 Å². The number of aliphatic hydroxyl groups is 1. The molecule has 2 rings (SSSR count). The largest absolute Gasteiger partial charge is 0.461 e. The van der Waals surface area contributed by atoms with Crippen LogP contribution in [0.3, 0.4) is 0 Å². The predicted molar refractivity (Wildman–Crippen MR) is 78.0 cm³/mol. The van der Waals surface area contributed by atoms with Gasteiger partial charge in [-0.15, -0.1) is 0 Å². The van der Waals surface area contributed by atoms with Crippen molar-refractivity contribution in [3.8, 4) is 0 Å². The lowest BCUT2D eigenvalue weighted by Gasteiger charge is -2.29. The lowest BCUT2D eigenvalue weighted by atomic mass is 9.81. The van der Waals surface area contributed by atoms with E-state index in [-0.39, 0.29) is 18.5 Å². The summed E-state index contributed by atoms with van der Waals surface area (Å²) < 4.78 is 5.30. The molecule has 3 heteroatoms. The second kappa shape index (κ2) is 7.44. The summed E-state index contributed by atoms with van der Waals surface area (Å²) in [6.45, 7) is 2.05. The molecule has 3 nitrogen and oxygen atoms in total. The van der Waals surface area contributed by atoms with Gasteiger partial charge in [-0.05, 0) is 31.2 Å². The van der Waals surface area contributed by atoms with Gasteiger partial charge in [0.1, 0.15) is 6.61 Å². The fraction of sp³-hybridized carbons (Fsp3) is 0.588. The Labute approximate surface area is 121 Å². The first kappa shape index (κ1) is 15.0. The molecule has 0 amide bonds. The Hall–Kier alpha value is -1.35. The molecule has 1 fully saturated rings. The smallest absolute Gasteiger partial charge is 0.311 e. The van der Waals surface area contributed by atoms with E-state index >= 15 is 0 Å². The monoisotopic (exact) mass is 276 g/mol. The third kappa shape index (κ3) is 4.07. The van der Waals surface area contributed by atoms with E-state index in [4.69, 9.17) is 4.74 Å². The van der Waals surface area contributed by atoms with Crippen molar-refractivity contribution < 1.29 is 14.6 Å². The van der Waals surface area contributed by atoms with Gasteiger partial charge in [0.15, 0.2) is 0 Å². The average molecular weight is 276 g/mol. The fourth-order valence-corrected chi connectivity index (χ4v) is 2.88. The highest BCUT2D eigenvalue weighted by molar-refractivity contribution is 5.72. The molecule has 1 aromatic carbocycles. The Balaban J connectivity index is 1.81. The number of carbonyl (C=O) groups excluding carboxylic acids is 1. The van der Waals surface area contributed by atoms with Gasteiger partial charge in [0, 0.05) is 0 Å². The molecule has 2 atom stereocenters. The number of carbonyl (C=O) groups is 1. The van der Waals surface area contributed by atoms with Gasteiger partial charge in [0.05, 0.1) is 12.0 Å². The summed E-state index contributed by atoms with van der Waals surface area (Å²) in [6.07, 6.45) is 5.05. The van der Waals surface area contributed by atoms with E-state index in [9.17, 15) is 9.90 Å². The molecule has 1 aliphatic carbocycles. The van der Waals surface area contributed by atoms with Crippen LogP contribution < -0.4 is 0 Å². The molecule has 0 unspecified atom stereocenters. The van der Waals surface area contributed by atoms with Crippen LogP contribution >= 0.6 is 0 Å². The zero-order valence-electron chi connectivity index (χ0n) is 12.1. The lowest BCUT2D eigenvalue weighted by molar-refractivity contribution is -0.154. The number of hydrogen-bond donors (Lipinski definition) is 1. The van der Waals surface area contributed by atoms with Crippen molar-refractivity contribution in [2.24, 2.45) is 11.8 Å². The number of esters is 1. The molecule has 1 aliphatic rings. The maximum absolute atomic E-state index is 12.0. The summed E-state index contributed by atoms with van der Waals surface area (Å²) in [6, 6.07) is 9.62. The number of hydrogen-bond acceptors (Lipinski definition) is 3. The highest BCUT2D eigenvalue weighted by Gasteiger charge is 2.31. The molecular formula is C17H24O3. The summed E-state index contributed by atoms with van der Waals surface area (Å²) in [5, 5.41) is 10.3. The molecule has 0 aliphatic heterocycles. The molecule has 0 heterocycles. The van der Waals surface area contributed by atoms with E-state index in [0.717, 1.165) is 31.2 Å². The van der Waals surface area contributed by atoms with E-state index in [1.807, 2.05) is 30.3 Å². The predicted octanol–water partition coefficient (Wildman–Crippen LogP) is 3.31. The molecule has 0 aromatic heterocycles. The van der Waals surface area contributed by atoms with E-state index in [1.165, 1.54) is 6.42 Å². The Morgan fingerprint density at radius 2 is 1.90 bits per heavy atom. The number of benzene rings is 1. The van der Waals surface area contributed by atoms with Crippen LogP contribution in [0.5, 0.6) is 0 Å². The maximum atomic E-state index is 12.0. The van der Waals surface area contributed by atoms with Crippen molar-refractivity contribution in [2.75, 3.05) is 0 Å². The zero-order valence-corrected chi connectivity index (χ0v) is 12.1. The minimum absolute atomic E-state index is 0.253. The van der Waals surface area contributed by atoms with Crippen molar-refractivity contribution in [1.29, 1.82) is 0 Å². The highest BCUT2D eigenvalue weighted by Crippen LogP contribution is 2.29. The molecule has 20 heavy (non-hydrogen) atoms. The minimum atomic E-state index is -0.571. The van der Waals surface area contributed by atoms with E-state index < -0.39 is 12.0 Å². The summed E-state index contributed by atoms with van der Waals surface area (Å²) in [4.78, 5) is 12.0. The second-order valence-corrected chi connectivity index (χ2v) is 5.77. The molecule has 0 saturated heterocycles. The van der Waals surface area contributed by atoms with Gasteiger partial charge in [-0.3, -0.25) is 4.79 Å². The van der Waals surface area contributed by atoms with Gasteiger partial charge in [-0.2, -0.15) is 0 Å². The molecule has 0 spiro atoms. The van der Waals surface area contributed by atoms with Gasteiger partial charge in [-0.1, -0.05) is 49.6 Å².